The molecule has 2 aromatic carbocycles. The number of rotatable bonds is 3. The highest BCUT2D eigenvalue weighted by Crippen LogP contribution is 2.29. The first-order valence-corrected chi connectivity index (χ1v) is 7.89. The Labute approximate surface area is 146 Å². The van der Waals surface area contributed by atoms with E-state index in [1.54, 1.807) is 6.92 Å². The summed E-state index contributed by atoms with van der Waals surface area (Å²) < 4.78 is 1.43. The van der Waals surface area contributed by atoms with Crippen LogP contribution in [0, 0.1) is 6.92 Å². The summed E-state index contributed by atoms with van der Waals surface area (Å²) in [5.74, 6) is -0.0967. The molecule has 130 valence electrons. The predicted molar refractivity (Wildman–Crippen MR) is 99.0 cm³/mol. The van der Waals surface area contributed by atoms with E-state index in [1.165, 1.54) is 23.0 Å². The molecule has 4 aromatic rings. The fraction of sp³-hybridized carbons (Fsp3) is 0.0556. The Hall–Kier alpha value is -3.81. The molecule has 0 saturated heterocycles. The fourth-order valence-corrected chi connectivity index (χ4v) is 2.77. The van der Waals surface area contributed by atoms with Gasteiger partial charge in [-0.2, -0.15) is 0 Å². The van der Waals surface area contributed by atoms with Crippen LogP contribution >= 0.6 is 0 Å². The number of fused-ring (bicyclic) bond motifs is 1. The number of aliphatic imine (C=N–C) groups is 1. The lowest BCUT2D eigenvalue weighted by Gasteiger charge is -1.99. The van der Waals surface area contributed by atoms with Gasteiger partial charge in [0.15, 0.2) is 0 Å². The summed E-state index contributed by atoms with van der Waals surface area (Å²) in [7, 11) is 0. The minimum atomic E-state index is -0.368. The fourth-order valence-electron chi connectivity index (χ4n) is 2.77. The van der Waals surface area contributed by atoms with Crippen molar-refractivity contribution in [1.82, 2.24) is 19.7 Å². The lowest BCUT2D eigenvalue weighted by atomic mass is 10.2. The monoisotopic (exact) mass is 349 g/mol. The molecule has 0 atom stereocenters. The van der Waals surface area contributed by atoms with Crippen LogP contribution in [0.15, 0.2) is 57.0 Å². The van der Waals surface area contributed by atoms with E-state index >= 15 is 0 Å². The van der Waals surface area contributed by atoms with Gasteiger partial charge in [-0.1, -0.05) is 18.2 Å². The molecule has 0 amide bonds. The molecular formula is C18H15N5O3. The van der Waals surface area contributed by atoms with E-state index in [0.717, 1.165) is 5.69 Å². The molecule has 0 saturated carbocycles. The first-order chi connectivity index (χ1) is 12.5. The number of para-hydroxylation sites is 1. The average molecular weight is 349 g/mol. The Balaban J connectivity index is 1.76. The topological polar surface area (TPSA) is 119 Å². The third-order valence-electron chi connectivity index (χ3n) is 4.08. The quantitative estimate of drug-likeness (QED) is 0.424. The van der Waals surface area contributed by atoms with Crippen LogP contribution < -0.4 is 11.2 Å². The molecule has 4 rings (SSSR count). The van der Waals surface area contributed by atoms with E-state index in [9.17, 15) is 14.7 Å². The van der Waals surface area contributed by atoms with Crippen LogP contribution in [0.2, 0.25) is 0 Å². The molecule has 0 aliphatic rings. The summed E-state index contributed by atoms with van der Waals surface area (Å²) in [6.07, 6.45) is 1.40. The molecular weight excluding hydrogens is 334 g/mol. The zero-order chi connectivity index (χ0) is 18.3. The molecule has 8 nitrogen and oxygen atoms in total. The maximum absolute atomic E-state index is 12.6. The zero-order valence-corrected chi connectivity index (χ0v) is 13.8. The van der Waals surface area contributed by atoms with E-state index < -0.39 is 0 Å². The summed E-state index contributed by atoms with van der Waals surface area (Å²) in [6, 6.07) is 12.1. The molecule has 0 unspecified atom stereocenters. The van der Waals surface area contributed by atoms with Gasteiger partial charge in [-0.15, -0.1) is 0 Å². The normalized spacial score (nSPS) is 11.6. The molecule has 2 heterocycles. The molecule has 0 aliphatic carbocycles. The molecule has 8 heteroatoms. The van der Waals surface area contributed by atoms with Crippen molar-refractivity contribution in [2.75, 3.05) is 0 Å². The van der Waals surface area contributed by atoms with E-state index in [1.807, 2.05) is 30.3 Å². The first kappa shape index (κ1) is 15.7. The Morgan fingerprint density at radius 3 is 2.50 bits per heavy atom. The second kappa shape index (κ2) is 5.92. The summed E-state index contributed by atoms with van der Waals surface area (Å²) in [4.78, 5) is 33.4. The highest BCUT2D eigenvalue weighted by molar-refractivity contribution is 5.87. The van der Waals surface area contributed by atoms with Crippen molar-refractivity contribution in [2.45, 2.75) is 6.92 Å². The van der Waals surface area contributed by atoms with E-state index in [4.69, 9.17) is 0 Å². The number of imidazole rings is 1. The second-order valence-corrected chi connectivity index (χ2v) is 5.85. The Bertz CT molecular complexity index is 1240. The third-order valence-corrected chi connectivity index (χ3v) is 4.08. The number of aromatic nitrogens is 4. The van der Waals surface area contributed by atoms with Crippen molar-refractivity contribution in [3.63, 3.8) is 0 Å². The lowest BCUT2D eigenvalue weighted by Crippen LogP contribution is -2.17. The highest BCUT2D eigenvalue weighted by Gasteiger charge is 2.11. The van der Waals surface area contributed by atoms with Gasteiger partial charge < -0.3 is 15.1 Å². The molecule has 26 heavy (non-hydrogen) atoms. The molecule has 0 bridgehead atoms. The molecule has 4 N–H and O–H groups in total. The van der Waals surface area contributed by atoms with E-state index in [2.05, 4.69) is 20.1 Å². The van der Waals surface area contributed by atoms with Crippen molar-refractivity contribution in [3.05, 3.63) is 74.6 Å². The summed E-state index contributed by atoms with van der Waals surface area (Å²) in [6.45, 7) is 1.77. The minimum Gasteiger partial charge on any atom is -0.506 e. The summed E-state index contributed by atoms with van der Waals surface area (Å²) in [5.41, 5.74) is 2.39. The number of H-pyrrole nitrogens is 3. The van der Waals surface area contributed by atoms with Crippen molar-refractivity contribution in [2.24, 2.45) is 4.99 Å². The number of benzene rings is 2. The van der Waals surface area contributed by atoms with E-state index in [-0.39, 0.29) is 22.7 Å². The molecule has 2 aromatic heterocycles. The highest BCUT2D eigenvalue weighted by atomic mass is 16.3. The van der Waals surface area contributed by atoms with E-state index in [0.29, 0.717) is 22.3 Å². The number of nitrogens with one attached hydrogen (secondary N) is 3. The largest absolute Gasteiger partial charge is 0.506 e. The Morgan fingerprint density at radius 2 is 1.77 bits per heavy atom. The van der Waals surface area contributed by atoms with Gasteiger partial charge in [-0.25, -0.2) is 9.48 Å². The van der Waals surface area contributed by atoms with Gasteiger partial charge in [0.1, 0.15) is 11.4 Å². The van der Waals surface area contributed by atoms with Gasteiger partial charge in [0.25, 0.3) is 5.56 Å². The maximum Gasteiger partial charge on any atom is 0.323 e. The number of phenols is 1. The van der Waals surface area contributed by atoms with Crippen molar-refractivity contribution in [3.8, 4) is 11.4 Å². The number of aromatic hydroxyl groups is 1. The van der Waals surface area contributed by atoms with Crippen molar-refractivity contribution < 1.29 is 5.11 Å². The van der Waals surface area contributed by atoms with Crippen LogP contribution in [0.25, 0.3) is 16.7 Å². The van der Waals surface area contributed by atoms with Gasteiger partial charge in [0, 0.05) is 18.0 Å². The van der Waals surface area contributed by atoms with Gasteiger partial charge in [0.05, 0.1) is 22.3 Å². The standard InChI is InChI=1S/C18H15N5O3/c1-10-12(17(25)23(22-10)11-5-3-2-4-6-11)9-19-15-7-13-14(8-16(15)24)21-18(26)20-13/h2-9,22,24H,1H3,(H2,20,21,26). The molecule has 0 aliphatic heterocycles. The SMILES string of the molecule is Cc1[nH]n(-c2ccccc2)c(=O)c1C=Nc1cc2[nH]c(=O)[nH]c2cc1O. The number of aromatic amines is 3. The smallest absolute Gasteiger partial charge is 0.323 e. The molecule has 0 spiro atoms. The van der Waals surface area contributed by atoms with Crippen LogP contribution in [0.1, 0.15) is 11.3 Å². The van der Waals surface area contributed by atoms with Crippen LogP contribution in [0.4, 0.5) is 5.69 Å². The number of nitrogens with zero attached hydrogens (tertiary/aromatic N) is 2. The van der Waals surface area contributed by atoms with Gasteiger partial charge in [-0.05, 0) is 25.1 Å². The number of aryl methyl sites for hydroxylation is 1. The van der Waals surface area contributed by atoms with Crippen LogP contribution in [-0.2, 0) is 0 Å². The maximum atomic E-state index is 12.6. The minimum absolute atomic E-state index is 0.0967. The number of hydrogen-bond acceptors (Lipinski definition) is 4. The van der Waals surface area contributed by atoms with Gasteiger partial charge in [-0.3, -0.25) is 14.9 Å². The first-order valence-electron chi connectivity index (χ1n) is 7.89. The zero-order valence-electron chi connectivity index (χ0n) is 13.8. The van der Waals surface area contributed by atoms with Crippen molar-refractivity contribution in [1.29, 1.82) is 0 Å². The lowest BCUT2D eigenvalue weighted by molar-refractivity contribution is 0.477. The number of hydrogen-bond donors (Lipinski definition) is 4. The van der Waals surface area contributed by atoms with Crippen LogP contribution in [-0.4, -0.2) is 31.1 Å². The summed E-state index contributed by atoms with van der Waals surface area (Å²) in [5, 5.41) is 13.1. The Morgan fingerprint density at radius 1 is 1.08 bits per heavy atom. The van der Waals surface area contributed by atoms with Crippen LogP contribution in [0.5, 0.6) is 5.75 Å². The molecule has 0 fully saturated rings. The summed E-state index contributed by atoms with van der Waals surface area (Å²) >= 11 is 0. The average Bonchev–Trinajstić information content (AvgIpc) is 3.12. The second-order valence-electron chi connectivity index (χ2n) is 5.85. The predicted octanol–water partition coefficient (Wildman–Crippen LogP) is 2.10. The van der Waals surface area contributed by atoms with Crippen molar-refractivity contribution >= 4 is 22.9 Å². The van der Waals surface area contributed by atoms with Crippen LogP contribution in [0.3, 0.4) is 0 Å². The van der Waals surface area contributed by atoms with Gasteiger partial charge >= 0.3 is 5.69 Å². The Kier molecular flexibility index (Phi) is 3.58. The van der Waals surface area contributed by atoms with Gasteiger partial charge in [0.2, 0.25) is 0 Å². The number of phenolic OH excluding ortho intramolecular Hbond substituents is 1. The third kappa shape index (κ3) is 2.63. The molecule has 0 radical (unpaired) electrons.